The van der Waals surface area contributed by atoms with Crippen LogP contribution in [0.25, 0.3) is 0 Å². The molecule has 0 radical (unpaired) electrons. The van der Waals surface area contributed by atoms with Gasteiger partial charge in [0.15, 0.2) is 0 Å². The Kier molecular flexibility index (Phi) is 3.54. The van der Waals surface area contributed by atoms with E-state index in [1.54, 1.807) is 6.07 Å². The number of hydrogen-bond acceptors (Lipinski definition) is 5. The van der Waals surface area contributed by atoms with Crippen molar-refractivity contribution in [3.05, 3.63) is 18.1 Å². The molecule has 1 fully saturated rings. The first-order valence-corrected chi connectivity index (χ1v) is 7.86. The third-order valence-corrected chi connectivity index (χ3v) is 3.79. The summed E-state index contributed by atoms with van der Waals surface area (Å²) in [4.78, 5) is 8.17. The molecule has 7 heteroatoms. The molecule has 1 aliphatic carbocycles. The van der Waals surface area contributed by atoms with E-state index in [9.17, 15) is 0 Å². The predicted molar refractivity (Wildman–Crippen MR) is 64.7 cm³/mol. The lowest BCUT2D eigenvalue weighted by Gasteiger charge is -2.16. The highest BCUT2D eigenvalue weighted by Crippen LogP contribution is 2.42. The monoisotopic (exact) mass is 259 g/mol. The smallest absolute Gasteiger partial charge is 0.311 e. The summed E-state index contributed by atoms with van der Waals surface area (Å²) in [6, 6.07) is 1.80. The summed E-state index contributed by atoms with van der Waals surface area (Å²) in [5, 5.41) is 0. The third kappa shape index (κ3) is 3.22. The fourth-order valence-electron chi connectivity index (χ4n) is 1.34. The van der Waals surface area contributed by atoms with Crippen LogP contribution in [0, 0.1) is 0 Å². The number of hydrogen-bond donors (Lipinski definition) is 1. The van der Waals surface area contributed by atoms with Crippen LogP contribution in [0.2, 0.25) is 0 Å². The molecule has 1 aliphatic rings. The van der Waals surface area contributed by atoms with Crippen LogP contribution in [-0.4, -0.2) is 16.6 Å². The maximum atomic E-state index is 5.72. The number of nitrogens with zero attached hydrogens (tertiary/aromatic N) is 2. The summed E-state index contributed by atoms with van der Waals surface area (Å²) in [6.45, 7) is -0.436. The van der Waals surface area contributed by atoms with Gasteiger partial charge < -0.3 is 9.05 Å². The van der Waals surface area contributed by atoms with E-state index in [-0.39, 0.29) is 0 Å². The first kappa shape index (κ1) is 11.9. The van der Waals surface area contributed by atoms with Gasteiger partial charge in [-0.05, 0) is 31.6 Å². The lowest BCUT2D eigenvalue weighted by molar-refractivity contribution is 0.329. The minimum Gasteiger partial charge on any atom is -0.414 e. The molecule has 1 aromatic heterocycles. The van der Waals surface area contributed by atoms with Crippen LogP contribution in [-0.2, 0) is 16.3 Å². The van der Waals surface area contributed by atoms with E-state index in [0.717, 1.165) is 5.69 Å². The Hall–Kier alpha value is -0.550. The van der Waals surface area contributed by atoms with Crippen LogP contribution in [0.4, 0.5) is 0 Å². The second-order valence-corrected chi connectivity index (χ2v) is 6.65. The maximum Gasteiger partial charge on any atom is 0.311 e. The number of aromatic nitrogens is 2. The molecule has 0 bridgehead atoms. The average molecular weight is 259 g/mol. The van der Waals surface area contributed by atoms with Crippen LogP contribution in [0.3, 0.4) is 0 Å². The molecule has 0 spiro atoms. The molecule has 0 aliphatic heterocycles. The number of rotatable bonds is 5. The third-order valence-electron chi connectivity index (χ3n) is 2.19. The summed E-state index contributed by atoms with van der Waals surface area (Å²) < 4.78 is 10.6. The van der Waals surface area contributed by atoms with Crippen molar-refractivity contribution in [2.75, 3.05) is 6.61 Å². The van der Waals surface area contributed by atoms with Gasteiger partial charge in [-0.2, -0.15) is 0 Å². The Morgan fingerprint density at radius 3 is 2.94 bits per heavy atom. The Labute approximate surface area is 99.6 Å². The van der Waals surface area contributed by atoms with Crippen LogP contribution < -0.4 is 10.0 Å². The molecule has 1 heterocycles. The van der Waals surface area contributed by atoms with Gasteiger partial charge in [-0.3, -0.25) is 0 Å². The molecular formula is C9H14N3O2PS. The lowest BCUT2D eigenvalue weighted by atomic mass is 10.3. The minimum absolute atomic E-state index is 0.413. The zero-order valence-electron chi connectivity index (χ0n) is 9.00. The van der Waals surface area contributed by atoms with E-state index in [1.807, 2.05) is 6.92 Å². The molecule has 1 aromatic rings. The first-order chi connectivity index (χ1) is 7.61. The van der Waals surface area contributed by atoms with Crippen molar-refractivity contribution in [1.82, 2.24) is 9.97 Å². The normalized spacial score (nSPS) is 19.1. The summed E-state index contributed by atoms with van der Waals surface area (Å²) in [6.07, 6.45) is 3.83. The van der Waals surface area contributed by atoms with Crippen molar-refractivity contribution in [1.29, 1.82) is 0 Å². The van der Waals surface area contributed by atoms with Gasteiger partial charge in [0.2, 0.25) is 5.88 Å². The van der Waals surface area contributed by atoms with Gasteiger partial charge in [0, 0.05) is 12.0 Å². The van der Waals surface area contributed by atoms with Gasteiger partial charge in [-0.15, -0.1) is 0 Å². The molecule has 1 saturated carbocycles. The molecule has 0 amide bonds. The van der Waals surface area contributed by atoms with E-state index < -0.39 is 6.64 Å². The van der Waals surface area contributed by atoms with Crippen molar-refractivity contribution >= 4 is 18.4 Å². The lowest BCUT2D eigenvalue weighted by Crippen LogP contribution is -2.07. The minimum atomic E-state index is -2.70. The van der Waals surface area contributed by atoms with Crippen molar-refractivity contribution in [3.8, 4) is 5.88 Å². The molecule has 2 N–H and O–H groups in total. The maximum absolute atomic E-state index is 5.72. The molecule has 0 aromatic carbocycles. The second kappa shape index (κ2) is 4.75. The highest BCUT2D eigenvalue weighted by molar-refractivity contribution is 8.08. The summed E-state index contributed by atoms with van der Waals surface area (Å²) in [7, 11) is 0. The second-order valence-electron chi connectivity index (χ2n) is 3.60. The van der Waals surface area contributed by atoms with Gasteiger partial charge in [0.1, 0.15) is 6.33 Å². The fourth-order valence-corrected chi connectivity index (χ4v) is 2.66. The van der Waals surface area contributed by atoms with Crippen molar-refractivity contribution in [2.24, 2.45) is 5.50 Å². The Morgan fingerprint density at radius 2 is 2.31 bits per heavy atom. The topological polar surface area (TPSA) is 70.3 Å². The van der Waals surface area contributed by atoms with Crippen molar-refractivity contribution in [2.45, 2.75) is 25.7 Å². The molecule has 1 atom stereocenters. The Bertz CT molecular complexity index is 425. The molecule has 2 rings (SSSR count). The highest BCUT2D eigenvalue weighted by Gasteiger charge is 2.26. The van der Waals surface area contributed by atoms with Gasteiger partial charge in [0.05, 0.1) is 12.3 Å². The van der Waals surface area contributed by atoms with Gasteiger partial charge in [-0.25, -0.2) is 15.5 Å². The van der Waals surface area contributed by atoms with E-state index in [0.29, 0.717) is 18.4 Å². The Balaban J connectivity index is 2.08. The van der Waals surface area contributed by atoms with Crippen LogP contribution in [0.15, 0.2) is 12.4 Å². The van der Waals surface area contributed by atoms with Crippen LogP contribution >= 0.6 is 6.64 Å². The van der Waals surface area contributed by atoms with Crippen molar-refractivity contribution in [3.63, 3.8) is 0 Å². The quantitative estimate of drug-likeness (QED) is 0.815. The van der Waals surface area contributed by atoms with E-state index >= 15 is 0 Å². The largest absolute Gasteiger partial charge is 0.414 e. The van der Waals surface area contributed by atoms with E-state index in [4.69, 9.17) is 26.4 Å². The summed E-state index contributed by atoms with van der Waals surface area (Å²) >= 11 is 5.03. The first-order valence-electron chi connectivity index (χ1n) is 5.15. The average Bonchev–Trinajstić information content (AvgIpc) is 3.00. The zero-order chi connectivity index (χ0) is 11.6. The standard InChI is InChI=1S/C9H14N3O2PS/c1-2-13-15(10,16)14-9-5-8(7-3-4-7)11-6-12-9/h5-7H,2-4H2,1H3,(H2,10,16). The van der Waals surface area contributed by atoms with Gasteiger partial charge >= 0.3 is 6.64 Å². The predicted octanol–water partition coefficient (Wildman–Crippen LogP) is 1.95. The highest BCUT2D eigenvalue weighted by atomic mass is 32.5. The molecular weight excluding hydrogens is 245 g/mol. The SMILES string of the molecule is CCOP(N)(=S)Oc1cc(C2CC2)ncn1. The molecule has 1 unspecified atom stereocenters. The van der Waals surface area contributed by atoms with E-state index in [1.165, 1.54) is 19.2 Å². The molecule has 88 valence electrons. The van der Waals surface area contributed by atoms with Crippen LogP contribution in [0.5, 0.6) is 5.88 Å². The zero-order valence-corrected chi connectivity index (χ0v) is 10.7. The summed E-state index contributed by atoms with van der Waals surface area (Å²) in [5.74, 6) is 0.962. The molecule has 16 heavy (non-hydrogen) atoms. The molecule has 5 nitrogen and oxygen atoms in total. The van der Waals surface area contributed by atoms with Crippen molar-refractivity contribution < 1.29 is 9.05 Å². The van der Waals surface area contributed by atoms with Gasteiger partial charge in [-0.1, -0.05) is 0 Å². The molecule has 0 saturated heterocycles. The summed E-state index contributed by atoms with van der Waals surface area (Å²) in [5.41, 5.74) is 6.72. The number of nitrogens with two attached hydrogens (primary N) is 1. The van der Waals surface area contributed by atoms with E-state index in [2.05, 4.69) is 9.97 Å². The van der Waals surface area contributed by atoms with Crippen LogP contribution in [0.1, 0.15) is 31.4 Å². The van der Waals surface area contributed by atoms with Gasteiger partial charge in [0.25, 0.3) is 0 Å². The fraction of sp³-hybridized carbons (Fsp3) is 0.556. The Morgan fingerprint density at radius 1 is 1.56 bits per heavy atom.